The SMILES string of the molecule is CCc1ccc(CN2CCC(C(=O)NCc3ccc4c(c3)OCO4)CC2)cc1.Cl. The summed E-state index contributed by atoms with van der Waals surface area (Å²) < 4.78 is 10.7. The number of aryl methyl sites for hydroxylation is 1. The standard InChI is InChI=1S/C23H28N2O3.ClH/c1-2-17-3-5-18(6-4-17)15-25-11-9-20(10-12-25)23(26)24-14-19-7-8-21-22(13-19)28-16-27-21;/h3-8,13,20H,2,9-12,14-16H2,1H3,(H,24,26);1H. The van der Waals surface area contributed by atoms with Gasteiger partial charge in [-0.15, -0.1) is 12.4 Å². The lowest BCUT2D eigenvalue weighted by atomic mass is 9.95. The van der Waals surface area contributed by atoms with Crippen LogP contribution in [0.3, 0.4) is 0 Å². The number of rotatable bonds is 6. The molecule has 1 N–H and O–H groups in total. The summed E-state index contributed by atoms with van der Waals surface area (Å²) in [4.78, 5) is 15.0. The molecule has 29 heavy (non-hydrogen) atoms. The van der Waals surface area contributed by atoms with Crippen LogP contribution in [-0.2, 0) is 24.3 Å². The highest BCUT2D eigenvalue weighted by Gasteiger charge is 2.25. The van der Waals surface area contributed by atoms with Gasteiger partial charge in [0.1, 0.15) is 0 Å². The summed E-state index contributed by atoms with van der Waals surface area (Å²) in [6.45, 7) is 5.88. The van der Waals surface area contributed by atoms with Crippen LogP contribution in [0.2, 0.25) is 0 Å². The Morgan fingerprint density at radius 2 is 1.66 bits per heavy atom. The van der Waals surface area contributed by atoms with Crippen molar-refractivity contribution in [1.29, 1.82) is 0 Å². The van der Waals surface area contributed by atoms with Crippen LogP contribution in [0.1, 0.15) is 36.5 Å². The molecule has 2 aliphatic heterocycles. The Morgan fingerprint density at radius 3 is 2.38 bits per heavy atom. The maximum absolute atomic E-state index is 12.6. The molecule has 2 heterocycles. The van der Waals surface area contributed by atoms with E-state index in [1.165, 1.54) is 11.1 Å². The minimum atomic E-state index is 0. The highest BCUT2D eigenvalue weighted by atomic mass is 35.5. The third kappa shape index (κ3) is 5.43. The Balaban J connectivity index is 0.00000240. The molecule has 0 radical (unpaired) electrons. The molecular weight excluding hydrogens is 388 g/mol. The van der Waals surface area contributed by atoms with Crippen LogP contribution >= 0.6 is 12.4 Å². The molecule has 1 saturated heterocycles. The van der Waals surface area contributed by atoms with Crippen molar-refractivity contribution in [3.8, 4) is 11.5 Å². The molecule has 0 aliphatic carbocycles. The number of piperidine rings is 1. The fourth-order valence-electron chi connectivity index (χ4n) is 3.88. The molecule has 2 aromatic rings. The number of carbonyl (C=O) groups is 1. The van der Waals surface area contributed by atoms with Gasteiger partial charge >= 0.3 is 0 Å². The first-order valence-corrected chi connectivity index (χ1v) is 10.2. The molecule has 1 amide bonds. The van der Waals surface area contributed by atoms with Crippen molar-refractivity contribution in [2.24, 2.45) is 5.92 Å². The Hall–Kier alpha value is -2.24. The monoisotopic (exact) mass is 416 g/mol. The van der Waals surface area contributed by atoms with Crippen molar-refractivity contribution in [3.63, 3.8) is 0 Å². The summed E-state index contributed by atoms with van der Waals surface area (Å²) in [5.74, 6) is 1.79. The maximum atomic E-state index is 12.6. The molecule has 0 saturated carbocycles. The van der Waals surface area contributed by atoms with Crippen LogP contribution in [0.25, 0.3) is 0 Å². The highest BCUT2D eigenvalue weighted by Crippen LogP contribution is 2.32. The second-order valence-electron chi connectivity index (χ2n) is 7.63. The largest absolute Gasteiger partial charge is 0.454 e. The number of likely N-dealkylation sites (tertiary alicyclic amines) is 1. The fraction of sp³-hybridized carbons (Fsp3) is 0.435. The molecule has 0 aromatic heterocycles. The quantitative estimate of drug-likeness (QED) is 0.775. The highest BCUT2D eigenvalue weighted by molar-refractivity contribution is 5.85. The van der Waals surface area contributed by atoms with Gasteiger partial charge < -0.3 is 14.8 Å². The van der Waals surface area contributed by atoms with Gasteiger partial charge in [0.25, 0.3) is 0 Å². The van der Waals surface area contributed by atoms with Crippen LogP contribution in [0.5, 0.6) is 11.5 Å². The summed E-state index contributed by atoms with van der Waals surface area (Å²) in [5.41, 5.74) is 3.76. The van der Waals surface area contributed by atoms with Crippen molar-refractivity contribution >= 4 is 18.3 Å². The first-order chi connectivity index (χ1) is 13.7. The van der Waals surface area contributed by atoms with Crippen LogP contribution in [0, 0.1) is 5.92 Å². The van der Waals surface area contributed by atoms with E-state index >= 15 is 0 Å². The molecule has 0 bridgehead atoms. The normalized spacial score (nSPS) is 16.3. The Bertz CT molecular complexity index is 817. The van der Waals surface area contributed by atoms with Crippen LogP contribution in [0.15, 0.2) is 42.5 Å². The number of ether oxygens (including phenoxy) is 2. The average Bonchev–Trinajstić information content (AvgIpc) is 3.21. The van der Waals surface area contributed by atoms with Crippen LogP contribution < -0.4 is 14.8 Å². The molecule has 0 spiro atoms. The first kappa shape index (κ1) is 21.5. The van der Waals surface area contributed by atoms with Crippen molar-refractivity contribution < 1.29 is 14.3 Å². The summed E-state index contributed by atoms with van der Waals surface area (Å²) >= 11 is 0. The number of halogens is 1. The average molecular weight is 417 g/mol. The van der Waals surface area contributed by atoms with Gasteiger partial charge in [-0.05, 0) is 61.2 Å². The van der Waals surface area contributed by atoms with Crippen molar-refractivity contribution in [2.75, 3.05) is 19.9 Å². The summed E-state index contributed by atoms with van der Waals surface area (Å²) in [6, 6.07) is 14.7. The van der Waals surface area contributed by atoms with Crippen LogP contribution in [0.4, 0.5) is 0 Å². The predicted octanol–water partition coefficient (Wildman–Crippen LogP) is 3.93. The second-order valence-corrected chi connectivity index (χ2v) is 7.63. The number of hydrogen-bond acceptors (Lipinski definition) is 4. The predicted molar refractivity (Wildman–Crippen MR) is 115 cm³/mol. The van der Waals surface area contributed by atoms with Gasteiger partial charge in [-0.3, -0.25) is 9.69 Å². The van der Waals surface area contributed by atoms with E-state index in [9.17, 15) is 4.79 Å². The van der Waals surface area contributed by atoms with Gasteiger partial charge in [0.15, 0.2) is 11.5 Å². The lowest BCUT2D eigenvalue weighted by Crippen LogP contribution is -2.40. The van der Waals surface area contributed by atoms with E-state index < -0.39 is 0 Å². The number of benzene rings is 2. The smallest absolute Gasteiger partial charge is 0.231 e. The molecule has 2 aromatic carbocycles. The minimum Gasteiger partial charge on any atom is -0.454 e. The molecule has 6 heteroatoms. The number of nitrogens with one attached hydrogen (secondary N) is 1. The van der Waals surface area contributed by atoms with Crippen LogP contribution in [-0.4, -0.2) is 30.7 Å². The minimum absolute atomic E-state index is 0. The number of hydrogen-bond donors (Lipinski definition) is 1. The van der Waals surface area contributed by atoms with Gasteiger partial charge in [0, 0.05) is 19.0 Å². The lowest BCUT2D eigenvalue weighted by Gasteiger charge is -2.31. The summed E-state index contributed by atoms with van der Waals surface area (Å²) in [5, 5.41) is 3.08. The van der Waals surface area contributed by atoms with E-state index in [1.807, 2.05) is 18.2 Å². The fourth-order valence-corrected chi connectivity index (χ4v) is 3.88. The van der Waals surface area contributed by atoms with Gasteiger partial charge in [-0.1, -0.05) is 37.3 Å². The lowest BCUT2D eigenvalue weighted by molar-refractivity contribution is -0.126. The maximum Gasteiger partial charge on any atom is 0.231 e. The third-order valence-corrected chi connectivity index (χ3v) is 5.70. The van der Waals surface area contributed by atoms with E-state index in [0.717, 1.165) is 56.0 Å². The number of nitrogens with zero attached hydrogens (tertiary/aromatic N) is 1. The summed E-state index contributed by atoms with van der Waals surface area (Å²) in [7, 11) is 0. The van der Waals surface area contributed by atoms with Crippen molar-refractivity contribution in [1.82, 2.24) is 10.2 Å². The molecule has 5 nitrogen and oxygen atoms in total. The summed E-state index contributed by atoms with van der Waals surface area (Å²) in [6.07, 6.45) is 2.91. The molecule has 0 unspecified atom stereocenters. The van der Waals surface area contributed by atoms with Gasteiger partial charge in [0.05, 0.1) is 0 Å². The molecule has 4 rings (SSSR count). The first-order valence-electron chi connectivity index (χ1n) is 10.2. The van der Waals surface area contributed by atoms with Crippen molar-refractivity contribution in [2.45, 2.75) is 39.3 Å². The topological polar surface area (TPSA) is 50.8 Å². The Morgan fingerprint density at radius 1 is 1.00 bits per heavy atom. The zero-order valence-electron chi connectivity index (χ0n) is 16.9. The Labute approximate surface area is 178 Å². The van der Waals surface area contributed by atoms with Gasteiger partial charge in [-0.2, -0.15) is 0 Å². The second kappa shape index (κ2) is 9.99. The molecule has 156 valence electrons. The van der Waals surface area contributed by atoms with E-state index in [4.69, 9.17) is 9.47 Å². The van der Waals surface area contributed by atoms with Crippen molar-refractivity contribution in [3.05, 3.63) is 59.2 Å². The molecule has 1 fully saturated rings. The molecule has 0 atom stereocenters. The number of fused-ring (bicyclic) bond motifs is 1. The van der Waals surface area contributed by atoms with Gasteiger partial charge in [0.2, 0.25) is 12.7 Å². The van der Waals surface area contributed by atoms with Gasteiger partial charge in [-0.25, -0.2) is 0 Å². The third-order valence-electron chi connectivity index (χ3n) is 5.70. The molecule has 2 aliphatic rings. The zero-order chi connectivity index (χ0) is 19.3. The Kier molecular flexibility index (Phi) is 7.40. The zero-order valence-corrected chi connectivity index (χ0v) is 17.7. The van der Waals surface area contributed by atoms with E-state index in [-0.39, 0.29) is 31.0 Å². The number of carbonyl (C=O) groups excluding carboxylic acids is 1. The van der Waals surface area contributed by atoms with E-state index in [2.05, 4.69) is 41.4 Å². The molecular formula is C23H29ClN2O3. The van der Waals surface area contributed by atoms with E-state index in [0.29, 0.717) is 6.54 Å². The van der Waals surface area contributed by atoms with E-state index in [1.54, 1.807) is 0 Å². The number of amides is 1.